The highest BCUT2D eigenvalue weighted by atomic mass is 35.5. The number of hydrogen-bond donors (Lipinski definition) is 0. The maximum Gasteiger partial charge on any atom is 0.314 e. The number of ether oxygens (including phenoxy) is 1. The number of hydrogen-bond acceptors (Lipinski definition) is 2. The summed E-state index contributed by atoms with van der Waals surface area (Å²) in [5.74, 6) is 1.14. The molecular formula is C29H41ClF2O2. The SMILES string of the molecule is CCCCCCC1CCC(C2CCC3C(CCCC3C(=O)Oc3cc(F)c(Cl)c(F)c3)C2)CC1. The molecule has 4 rings (SSSR count). The van der Waals surface area contributed by atoms with E-state index in [2.05, 4.69) is 6.92 Å². The van der Waals surface area contributed by atoms with Gasteiger partial charge in [0.1, 0.15) is 22.4 Å². The van der Waals surface area contributed by atoms with E-state index in [0.717, 1.165) is 49.1 Å². The van der Waals surface area contributed by atoms with E-state index in [1.807, 2.05) is 0 Å². The van der Waals surface area contributed by atoms with Gasteiger partial charge in [-0.3, -0.25) is 4.79 Å². The Morgan fingerprint density at radius 2 is 1.62 bits per heavy atom. The van der Waals surface area contributed by atoms with E-state index in [-0.39, 0.29) is 17.6 Å². The van der Waals surface area contributed by atoms with Gasteiger partial charge in [0.15, 0.2) is 0 Å². The predicted molar refractivity (Wildman–Crippen MR) is 133 cm³/mol. The highest BCUT2D eigenvalue weighted by Gasteiger charge is 2.43. The number of fused-ring (bicyclic) bond motifs is 1. The lowest BCUT2D eigenvalue weighted by Gasteiger charge is -2.46. The average molecular weight is 495 g/mol. The Kier molecular flexibility index (Phi) is 9.29. The van der Waals surface area contributed by atoms with Crippen molar-refractivity contribution in [2.45, 2.75) is 103 Å². The number of carbonyl (C=O) groups is 1. The van der Waals surface area contributed by atoms with Gasteiger partial charge in [0, 0.05) is 12.1 Å². The van der Waals surface area contributed by atoms with Gasteiger partial charge >= 0.3 is 5.97 Å². The average Bonchev–Trinajstić information content (AvgIpc) is 2.84. The molecule has 1 aromatic carbocycles. The Morgan fingerprint density at radius 3 is 2.32 bits per heavy atom. The van der Waals surface area contributed by atoms with Crippen molar-refractivity contribution in [3.63, 3.8) is 0 Å². The lowest BCUT2D eigenvalue weighted by molar-refractivity contribution is -0.144. The van der Waals surface area contributed by atoms with Gasteiger partial charge in [-0.15, -0.1) is 0 Å². The summed E-state index contributed by atoms with van der Waals surface area (Å²) in [6.07, 6.45) is 19.1. The zero-order valence-electron chi connectivity index (χ0n) is 20.7. The number of rotatable bonds is 8. The minimum Gasteiger partial charge on any atom is -0.426 e. The zero-order valence-corrected chi connectivity index (χ0v) is 21.4. The maximum atomic E-state index is 13.8. The Morgan fingerprint density at radius 1 is 0.912 bits per heavy atom. The second-order valence-electron chi connectivity index (χ2n) is 11.3. The van der Waals surface area contributed by atoms with Gasteiger partial charge in [0.05, 0.1) is 5.92 Å². The van der Waals surface area contributed by atoms with Crippen LogP contribution >= 0.6 is 11.6 Å². The summed E-state index contributed by atoms with van der Waals surface area (Å²) in [4.78, 5) is 13.0. The molecule has 5 heteroatoms. The lowest BCUT2D eigenvalue weighted by atomic mass is 9.59. The molecule has 0 amide bonds. The normalized spacial score (nSPS) is 31.6. The summed E-state index contributed by atoms with van der Waals surface area (Å²) in [5, 5.41) is -0.568. The first-order chi connectivity index (χ1) is 16.5. The summed E-state index contributed by atoms with van der Waals surface area (Å²) in [5.41, 5.74) is 0. The van der Waals surface area contributed by atoms with Gasteiger partial charge < -0.3 is 4.74 Å². The molecule has 0 aromatic heterocycles. The summed E-state index contributed by atoms with van der Waals surface area (Å²) < 4.78 is 33.0. The standard InChI is InChI=1S/C29H41ClF2O2/c1-2-3-4-5-7-19-10-12-20(13-11-19)21-14-15-24-22(16-21)8-6-9-25(24)29(33)34-23-17-26(31)28(30)27(32)18-23/h17-22,24-25H,2-16H2,1H3. The summed E-state index contributed by atoms with van der Waals surface area (Å²) >= 11 is 5.55. The Hall–Kier alpha value is -1.16. The van der Waals surface area contributed by atoms with Gasteiger partial charge in [0.2, 0.25) is 0 Å². The van der Waals surface area contributed by atoms with Crippen LogP contribution in [0, 0.1) is 47.1 Å². The number of halogens is 3. The number of carbonyl (C=O) groups excluding carboxylic acids is 1. The molecule has 4 atom stereocenters. The van der Waals surface area contributed by atoms with E-state index in [1.54, 1.807) is 0 Å². The van der Waals surface area contributed by atoms with Crippen molar-refractivity contribution in [1.29, 1.82) is 0 Å². The van der Waals surface area contributed by atoms with Crippen LogP contribution in [0.25, 0.3) is 0 Å². The minimum atomic E-state index is -0.901. The van der Waals surface area contributed by atoms with Gasteiger partial charge in [-0.1, -0.05) is 76.3 Å². The molecule has 1 aromatic rings. The van der Waals surface area contributed by atoms with Crippen LogP contribution < -0.4 is 4.74 Å². The molecule has 0 radical (unpaired) electrons. The molecule has 4 unspecified atom stereocenters. The fraction of sp³-hybridized carbons (Fsp3) is 0.759. The van der Waals surface area contributed by atoms with Crippen molar-refractivity contribution in [2.24, 2.45) is 35.5 Å². The molecule has 2 nitrogen and oxygen atoms in total. The molecule has 3 aliphatic carbocycles. The summed E-state index contributed by atoms with van der Waals surface area (Å²) in [7, 11) is 0. The second kappa shape index (κ2) is 12.2. The highest BCUT2D eigenvalue weighted by Crippen LogP contribution is 2.50. The van der Waals surface area contributed by atoms with Crippen molar-refractivity contribution < 1.29 is 18.3 Å². The van der Waals surface area contributed by atoms with E-state index in [0.29, 0.717) is 11.8 Å². The molecule has 0 heterocycles. The van der Waals surface area contributed by atoms with Gasteiger partial charge in [-0.2, -0.15) is 0 Å². The molecule has 0 aliphatic heterocycles. The lowest BCUT2D eigenvalue weighted by Crippen LogP contribution is -2.40. The van der Waals surface area contributed by atoms with Gasteiger partial charge in [-0.05, 0) is 68.1 Å². The molecule has 0 spiro atoms. The van der Waals surface area contributed by atoms with Crippen LogP contribution in [0.5, 0.6) is 5.75 Å². The van der Waals surface area contributed by atoms with Crippen molar-refractivity contribution in [2.75, 3.05) is 0 Å². The number of esters is 1. The quantitative estimate of drug-likeness (QED) is 0.156. The first-order valence-corrected chi connectivity index (χ1v) is 14.2. The molecule has 3 fully saturated rings. The summed E-state index contributed by atoms with van der Waals surface area (Å²) in [6.45, 7) is 2.28. The van der Waals surface area contributed by atoms with Crippen LogP contribution in [0.1, 0.15) is 103 Å². The van der Waals surface area contributed by atoms with Crippen LogP contribution in [-0.2, 0) is 4.79 Å². The Labute approximate surface area is 209 Å². The molecule has 0 N–H and O–H groups in total. The third-order valence-electron chi connectivity index (χ3n) is 9.19. The largest absolute Gasteiger partial charge is 0.426 e. The molecule has 34 heavy (non-hydrogen) atoms. The molecular weight excluding hydrogens is 454 g/mol. The van der Waals surface area contributed by atoms with Gasteiger partial charge in [0.25, 0.3) is 0 Å². The molecule has 0 saturated heterocycles. The van der Waals surface area contributed by atoms with E-state index in [1.165, 1.54) is 77.0 Å². The van der Waals surface area contributed by atoms with E-state index < -0.39 is 16.7 Å². The second-order valence-corrected chi connectivity index (χ2v) is 11.7. The third-order valence-corrected chi connectivity index (χ3v) is 9.55. The Bertz CT molecular complexity index is 797. The topological polar surface area (TPSA) is 26.3 Å². The van der Waals surface area contributed by atoms with Gasteiger partial charge in [-0.25, -0.2) is 8.78 Å². The smallest absolute Gasteiger partial charge is 0.314 e. The molecule has 3 aliphatic rings. The first-order valence-electron chi connectivity index (χ1n) is 13.8. The van der Waals surface area contributed by atoms with Crippen molar-refractivity contribution in [3.05, 3.63) is 28.8 Å². The van der Waals surface area contributed by atoms with Crippen LogP contribution in [0.3, 0.4) is 0 Å². The van der Waals surface area contributed by atoms with Crippen molar-refractivity contribution in [3.8, 4) is 5.75 Å². The zero-order chi connectivity index (χ0) is 24.1. The van der Waals surface area contributed by atoms with Crippen molar-refractivity contribution >= 4 is 17.6 Å². The fourth-order valence-corrected chi connectivity index (χ4v) is 7.42. The van der Waals surface area contributed by atoms with Crippen LogP contribution in [-0.4, -0.2) is 5.97 Å². The molecule has 3 saturated carbocycles. The van der Waals surface area contributed by atoms with E-state index in [4.69, 9.17) is 16.3 Å². The number of unbranched alkanes of at least 4 members (excludes halogenated alkanes) is 3. The van der Waals surface area contributed by atoms with E-state index >= 15 is 0 Å². The van der Waals surface area contributed by atoms with Crippen LogP contribution in [0.15, 0.2) is 12.1 Å². The predicted octanol–water partition coefficient (Wildman–Crippen LogP) is 9.13. The third kappa shape index (κ3) is 6.33. The monoisotopic (exact) mass is 494 g/mol. The molecule has 0 bridgehead atoms. The first kappa shape index (κ1) is 25.9. The van der Waals surface area contributed by atoms with Crippen LogP contribution in [0.2, 0.25) is 5.02 Å². The fourth-order valence-electron chi connectivity index (χ4n) is 7.31. The summed E-state index contributed by atoms with van der Waals surface area (Å²) in [6, 6.07) is 2.00. The minimum absolute atomic E-state index is 0.0911. The highest BCUT2D eigenvalue weighted by molar-refractivity contribution is 6.30. The van der Waals surface area contributed by atoms with Crippen LogP contribution in [0.4, 0.5) is 8.78 Å². The maximum absolute atomic E-state index is 13.8. The Balaban J connectivity index is 1.27. The van der Waals surface area contributed by atoms with E-state index in [9.17, 15) is 13.6 Å². The molecule has 190 valence electrons. The van der Waals surface area contributed by atoms with Crippen molar-refractivity contribution in [1.82, 2.24) is 0 Å². The number of benzene rings is 1.